The van der Waals surface area contributed by atoms with Crippen LogP contribution in [0, 0.1) is 0 Å². The first kappa shape index (κ1) is 15.3. The van der Waals surface area contributed by atoms with Crippen LogP contribution in [0.15, 0.2) is 41.0 Å². The number of anilines is 1. The monoisotopic (exact) mass is 361 g/mol. The van der Waals surface area contributed by atoms with Crippen molar-refractivity contribution >= 4 is 27.5 Å². The zero-order chi connectivity index (χ0) is 15.9. The van der Waals surface area contributed by atoms with Gasteiger partial charge in [0.2, 0.25) is 0 Å². The van der Waals surface area contributed by atoms with E-state index < -0.39 is 0 Å². The van der Waals surface area contributed by atoms with Gasteiger partial charge in [0.05, 0.1) is 0 Å². The summed E-state index contributed by atoms with van der Waals surface area (Å²) in [6, 6.07) is 10.1. The molecule has 2 aromatic rings. The van der Waals surface area contributed by atoms with Crippen molar-refractivity contribution in [1.29, 1.82) is 0 Å². The van der Waals surface area contributed by atoms with E-state index >= 15 is 0 Å². The lowest BCUT2D eigenvalue weighted by Gasteiger charge is -2.33. The van der Waals surface area contributed by atoms with Crippen LogP contribution >= 0.6 is 15.9 Å². The topological polar surface area (TPSA) is 51.3 Å². The number of carbonyl (C=O) groups excluding carboxylic acids is 1. The van der Waals surface area contributed by atoms with Gasteiger partial charge in [-0.05, 0) is 53.9 Å². The van der Waals surface area contributed by atoms with Crippen LogP contribution in [0.3, 0.4) is 0 Å². The van der Waals surface area contributed by atoms with Gasteiger partial charge in [0.15, 0.2) is 0 Å². The van der Waals surface area contributed by atoms with Gasteiger partial charge in [0.1, 0.15) is 5.69 Å². The summed E-state index contributed by atoms with van der Waals surface area (Å²) in [6.07, 6.45) is 2.77. The smallest absolute Gasteiger partial charge is 0.275 e. The second-order valence-electron chi connectivity index (χ2n) is 6.05. The van der Waals surface area contributed by atoms with E-state index in [2.05, 4.69) is 29.8 Å². The molecule has 0 saturated heterocycles. The number of hydrogen-bond donors (Lipinski definition) is 1. The molecule has 0 radical (unpaired) electrons. The molecule has 5 heteroatoms. The molecule has 1 aliphatic heterocycles. The van der Waals surface area contributed by atoms with E-state index in [0.29, 0.717) is 12.2 Å². The maximum atomic E-state index is 13.1. The summed E-state index contributed by atoms with van der Waals surface area (Å²) in [7, 11) is 0. The van der Waals surface area contributed by atoms with Crippen molar-refractivity contribution < 1.29 is 4.79 Å². The number of benzene rings is 1. The van der Waals surface area contributed by atoms with Gasteiger partial charge in [0, 0.05) is 35.0 Å². The lowest BCUT2D eigenvalue weighted by Crippen LogP contribution is -2.46. The van der Waals surface area contributed by atoms with E-state index in [1.807, 2.05) is 46.0 Å². The lowest BCUT2D eigenvalue weighted by atomic mass is 9.98. The van der Waals surface area contributed by atoms with Crippen molar-refractivity contribution in [1.82, 2.24) is 4.57 Å². The minimum Gasteiger partial charge on any atom is -0.340 e. The average molecular weight is 362 g/mol. The van der Waals surface area contributed by atoms with Crippen LogP contribution in [0.25, 0.3) is 0 Å². The van der Waals surface area contributed by atoms with Crippen molar-refractivity contribution in [2.45, 2.75) is 32.4 Å². The van der Waals surface area contributed by atoms with Gasteiger partial charge < -0.3 is 15.2 Å². The molecule has 22 heavy (non-hydrogen) atoms. The number of aromatic nitrogens is 1. The number of carbonyl (C=O) groups is 1. The van der Waals surface area contributed by atoms with E-state index in [4.69, 9.17) is 5.73 Å². The lowest BCUT2D eigenvalue weighted by molar-refractivity contribution is 0.0973. The van der Waals surface area contributed by atoms with Crippen LogP contribution in [-0.4, -0.2) is 23.1 Å². The number of nitrogens with two attached hydrogens (primary N) is 1. The van der Waals surface area contributed by atoms with Gasteiger partial charge >= 0.3 is 0 Å². The van der Waals surface area contributed by atoms with Gasteiger partial charge in [-0.2, -0.15) is 0 Å². The van der Waals surface area contributed by atoms with Gasteiger partial charge in [-0.3, -0.25) is 4.79 Å². The zero-order valence-corrected chi connectivity index (χ0v) is 14.4. The molecule has 2 heterocycles. The molecule has 0 bridgehead atoms. The van der Waals surface area contributed by atoms with E-state index in [9.17, 15) is 4.79 Å². The molecule has 3 rings (SSSR count). The van der Waals surface area contributed by atoms with Gasteiger partial charge in [0.25, 0.3) is 5.91 Å². The molecule has 4 nitrogen and oxygen atoms in total. The van der Waals surface area contributed by atoms with Gasteiger partial charge in [-0.25, -0.2) is 0 Å². The molecule has 1 amide bonds. The minimum atomic E-state index is -0.0234. The number of para-hydroxylation sites is 1. The number of fused-ring (bicyclic) bond motifs is 1. The highest BCUT2D eigenvalue weighted by Gasteiger charge is 2.29. The van der Waals surface area contributed by atoms with Crippen LogP contribution in [0.5, 0.6) is 0 Å². The Hall–Kier alpha value is -1.59. The highest BCUT2D eigenvalue weighted by molar-refractivity contribution is 9.10. The van der Waals surface area contributed by atoms with Crippen molar-refractivity contribution in [2.75, 3.05) is 11.4 Å². The summed E-state index contributed by atoms with van der Waals surface area (Å²) in [6.45, 7) is 4.69. The number of rotatable bonds is 2. The van der Waals surface area contributed by atoms with Crippen LogP contribution < -0.4 is 10.6 Å². The van der Waals surface area contributed by atoms with Crippen LogP contribution in [0.2, 0.25) is 0 Å². The Labute approximate surface area is 139 Å². The van der Waals surface area contributed by atoms with Crippen LogP contribution in [-0.2, 0) is 6.42 Å². The molecule has 0 saturated carbocycles. The molecule has 2 N–H and O–H groups in total. The van der Waals surface area contributed by atoms with Crippen LogP contribution in [0.1, 0.15) is 35.9 Å². The number of halogens is 1. The molecule has 1 atom stereocenters. The molecule has 1 aromatic heterocycles. The Morgan fingerprint density at radius 3 is 2.82 bits per heavy atom. The first-order chi connectivity index (χ1) is 10.5. The Morgan fingerprint density at radius 1 is 1.36 bits per heavy atom. The average Bonchev–Trinajstić information content (AvgIpc) is 2.88. The zero-order valence-electron chi connectivity index (χ0n) is 12.8. The molecule has 1 aromatic carbocycles. The first-order valence-corrected chi connectivity index (χ1v) is 8.29. The second-order valence-corrected chi connectivity index (χ2v) is 6.97. The Morgan fingerprint density at radius 2 is 2.09 bits per heavy atom. The first-order valence-electron chi connectivity index (χ1n) is 7.50. The quantitative estimate of drug-likeness (QED) is 0.891. The SMILES string of the molecule is CC(C)n1cc(Br)cc1C(=O)N1CC(N)Cc2ccccc21. The molecular weight excluding hydrogens is 342 g/mol. The molecular formula is C17H20BrN3O. The summed E-state index contributed by atoms with van der Waals surface area (Å²) in [4.78, 5) is 14.9. The van der Waals surface area contributed by atoms with Crippen molar-refractivity contribution in [3.63, 3.8) is 0 Å². The Bertz CT molecular complexity index is 708. The molecule has 116 valence electrons. The molecule has 0 spiro atoms. The van der Waals surface area contributed by atoms with Crippen molar-refractivity contribution in [2.24, 2.45) is 5.73 Å². The third-order valence-corrected chi connectivity index (χ3v) is 4.45. The summed E-state index contributed by atoms with van der Waals surface area (Å²) in [5.74, 6) is 0.00185. The third kappa shape index (κ3) is 2.71. The van der Waals surface area contributed by atoms with Crippen molar-refractivity contribution in [3.05, 3.63) is 52.3 Å². The van der Waals surface area contributed by atoms with Gasteiger partial charge in [-0.15, -0.1) is 0 Å². The highest BCUT2D eigenvalue weighted by Crippen LogP contribution is 2.29. The third-order valence-electron chi connectivity index (χ3n) is 4.02. The maximum Gasteiger partial charge on any atom is 0.275 e. The van der Waals surface area contributed by atoms with Crippen LogP contribution in [0.4, 0.5) is 5.69 Å². The number of hydrogen-bond acceptors (Lipinski definition) is 2. The Kier molecular flexibility index (Phi) is 4.10. The molecule has 0 aliphatic carbocycles. The summed E-state index contributed by atoms with van der Waals surface area (Å²) in [5, 5.41) is 0. The molecule has 1 unspecified atom stereocenters. The Balaban J connectivity index is 2.03. The highest BCUT2D eigenvalue weighted by atomic mass is 79.9. The fourth-order valence-corrected chi connectivity index (χ4v) is 3.44. The van der Waals surface area contributed by atoms with E-state index in [0.717, 1.165) is 22.1 Å². The largest absolute Gasteiger partial charge is 0.340 e. The molecule has 1 aliphatic rings. The molecule has 0 fully saturated rings. The fraction of sp³-hybridized carbons (Fsp3) is 0.353. The summed E-state index contributed by atoms with van der Waals surface area (Å²) in [5.41, 5.74) is 8.94. The summed E-state index contributed by atoms with van der Waals surface area (Å²) < 4.78 is 2.91. The maximum absolute atomic E-state index is 13.1. The van der Waals surface area contributed by atoms with E-state index in [1.54, 1.807) is 0 Å². The van der Waals surface area contributed by atoms with Gasteiger partial charge in [-0.1, -0.05) is 18.2 Å². The predicted molar refractivity (Wildman–Crippen MR) is 92.3 cm³/mol. The number of nitrogens with zero attached hydrogens (tertiary/aromatic N) is 2. The minimum absolute atomic E-state index is 0.00185. The van der Waals surface area contributed by atoms with E-state index in [1.165, 1.54) is 0 Å². The van der Waals surface area contributed by atoms with E-state index in [-0.39, 0.29) is 18.0 Å². The summed E-state index contributed by atoms with van der Waals surface area (Å²) >= 11 is 3.47. The normalized spacial score (nSPS) is 17.7. The second kappa shape index (κ2) is 5.89. The van der Waals surface area contributed by atoms with Crippen molar-refractivity contribution in [3.8, 4) is 0 Å². The number of amides is 1. The standard InChI is InChI=1S/C17H20BrN3O/c1-11(2)20-9-13(18)8-16(20)17(22)21-10-14(19)7-12-5-3-4-6-15(12)21/h3-6,8-9,11,14H,7,10,19H2,1-2H3. The predicted octanol–water partition coefficient (Wildman–Crippen LogP) is 3.36. The fourth-order valence-electron chi connectivity index (χ4n) is 3.00.